The predicted octanol–water partition coefficient (Wildman–Crippen LogP) is 5.92. The molecule has 0 bridgehead atoms. The number of aryl methyl sites for hydroxylation is 2. The van der Waals surface area contributed by atoms with Crippen molar-refractivity contribution in [1.29, 1.82) is 0 Å². The summed E-state index contributed by atoms with van der Waals surface area (Å²) < 4.78 is 18.3. The number of aromatic nitrogens is 5. The lowest BCUT2D eigenvalue weighted by Crippen LogP contribution is -2.23. The van der Waals surface area contributed by atoms with Gasteiger partial charge < -0.3 is 10.6 Å². The molecule has 0 atom stereocenters. The Balaban J connectivity index is 1.50. The van der Waals surface area contributed by atoms with Crippen molar-refractivity contribution in [2.45, 2.75) is 40.2 Å². The molecule has 0 fully saturated rings. The number of nitrogens with zero attached hydrogens (tertiary/aromatic N) is 5. The van der Waals surface area contributed by atoms with Crippen molar-refractivity contribution in [3.8, 4) is 16.8 Å². The third kappa shape index (κ3) is 5.38. The largest absolute Gasteiger partial charge is 0.357 e. The standard InChI is InChI=1S/C30H31FN8O2/c1-6-38-27-19(16-33-29(32-5)36-27)13-22(28(38)40)21-14-25(23(31)12-18(21)4)34-30(41)35-26-15-24(17(2)3)37-39(26)20-10-8-7-9-11-20/h7-17H,6H2,1-5H3,(H,32,33,36)(H2,34,35,41). The minimum atomic E-state index is -0.649. The molecule has 5 rings (SSSR count). The summed E-state index contributed by atoms with van der Waals surface area (Å²) in [6.45, 7) is 7.97. The second-order valence-electron chi connectivity index (χ2n) is 9.91. The van der Waals surface area contributed by atoms with Crippen molar-refractivity contribution in [2.24, 2.45) is 0 Å². The van der Waals surface area contributed by atoms with Crippen molar-refractivity contribution in [3.63, 3.8) is 0 Å². The molecule has 3 N–H and O–H groups in total. The van der Waals surface area contributed by atoms with E-state index in [0.717, 1.165) is 11.4 Å². The average Bonchev–Trinajstić information content (AvgIpc) is 3.38. The van der Waals surface area contributed by atoms with Gasteiger partial charge in [0.15, 0.2) is 0 Å². The maximum Gasteiger partial charge on any atom is 0.324 e. The van der Waals surface area contributed by atoms with Gasteiger partial charge in [-0.1, -0.05) is 32.0 Å². The van der Waals surface area contributed by atoms with Gasteiger partial charge in [0.05, 0.1) is 17.1 Å². The molecule has 0 saturated heterocycles. The predicted molar refractivity (Wildman–Crippen MR) is 159 cm³/mol. The molecule has 41 heavy (non-hydrogen) atoms. The van der Waals surface area contributed by atoms with Gasteiger partial charge in [-0.15, -0.1) is 0 Å². The zero-order valence-corrected chi connectivity index (χ0v) is 23.5. The number of amides is 2. The number of carbonyl (C=O) groups excluding carboxylic acids is 1. The Bertz CT molecular complexity index is 1810. The van der Waals surface area contributed by atoms with E-state index < -0.39 is 11.8 Å². The molecular formula is C30H31FN8O2. The van der Waals surface area contributed by atoms with E-state index in [2.05, 4.69) is 31.0 Å². The van der Waals surface area contributed by atoms with Crippen molar-refractivity contribution >= 4 is 34.5 Å². The van der Waals surface area contributed by atoms with Crippen LogP contribution in [-0.2, 0) is 6.54 Å². The molecule has 11 heteroatoms. The lowest BCUT2D eigenvalue weighted by atomic mass is 9.99. The van der Waals surface area contributed by atoms with Crippen molar-refractivity contribution in [2.75, 3.05) is 23.0 Å². The van der Waals surface area contributed by atoms with E-state index in [1.807, 2.05) is 51.1 Å². The van der Waals surface area contributed by atoms with Crippen LogP contribution in [0.5, 0.6) is 0 Å². The first-order valence-electron chi connectivity index (χ1n) is 13.3. The van der Waals surface area contributed by atoms with Crippen molar-refractivity contribution in [3.05, 3.63) is 88.2 Å². The first kappa shape index (κ1) is 27.5. The Morgan fingerprint density at radius 1 is 1.05 bits per heavy atom. The molecule has 2 amide bonds. The Morgan fingerprint density at radius 2 is 1.80 bits per heavy atom. The molecule has 0 spiro atoms. The number of nitrogens with one attached hydrogen (secondary N) is 3. The fraction of sp³-hybridized carbons (Fsp3) is 0.233. The third-order valence-electron chi connectivity index (χ3n) is 6.78. The van der Waals surface area contributed by atoms with E-state index in [1.165, 1.54) is 12.1 Å². The van der Waals surface area contributed by atoms with Gasteiger partial charge in [0.25, 0.3) is 5.56 Å². The summed E-state index contributed by atoms with van der Waals surface area (Å²) in [5.41, 5.74) is 3.10. The van der Waals surface area contributed by atoms with Gasteiger partial charge in [-0.2, -0.15) is 10.1 Å². The van der Waals surface area contributed by atoms with Crippen LogP contribution in [0.25, 0.3) is 27.8 Å². The molecule has 0 radical (unpaired) electrons. The molecule has 10 nitrogen and oxygen atoms in total. The number of urea groups is 1. The minimum Gasteiger partial charge on any atom is -0.357 e. The Kier molecular flexibility index (Phi) is 7.52. The van der Waals surface area contributed by atoms with Gasteiger partial charge >= 0.3 is 6.03 Å². The molecule has 0 unspecified atom stereocenters. The van der Waals surface area contributed by atoms with Crippen LogP contribution in [-0.4, -0.2) is 37.4 Å². The van der Waals surface area contributed by atoms with Crippen LogP contribution in [0.1, 0.15) is 37.9 Å². The lowest BCUT2D eigenvalue weighted by Gasteiger charge is -2.15. The summed E-state index contributed by atoms with van der Waals surface area (Å²) in [6.07, 6.45) is 1.63. The fourth-order valence-electron chi connectivity index (χ4n) is 4.63. The average molecular weight is 555 g/mol. The molecule has 0 aliphatic carbocycles. The Morgan fingerprint density at radius 3 is 2.49 bits per heavy atom. The highest BCUT2D eigenvalue weighted by atomic mass is 19.1. The Labute approximate surface area is 236 Å². The monoisotopic (exact) mass is 554 g/mol. The van der Waals surface area contributed by atoms with E-state index in [9.17, 15) is 9.59 Å². The summed E-state index contributed by atoms with van der Waals surface area (Å²) in [5.74, 6) is 0.340. The second-order valence-corrected chi connectivity index (χ2v) is 9.91. The summed E-state index contributed by atoms with van der Waals surface area (Å²) >= 11 is 0. The van der Waals surface area contributed by atoms with Crippen LogP contribution in [0, 0.1) is 12.7 Å². The summed E-state index contributed by atoms with van der Waals surface area (Å²) in [7, 11) is 1.70. The molecule has 0 saturated carbocycles. The van der Waals surface area contributed by atoms with Crippen LogP contribution >= 0.6 is 0 Å². The zero-order chi connectivity index (χ0) is 29.3. The molecule has 0 aliphatic heterocycles. The zero-order valence-electron chi connectivity index (χ0n) is 23.5. The highest BCUT2D eigenvalue weighted by molar-refractivity contribution is 6.00. The third-order valence-corrected chi connectivity index (χ3v) is 6.78. The number of rotatable bonds is 7. The molecule has 5 aromatic rings. The number of halogens is 1. The number of benzene rings is 2. The van der Waals surface area contributed by atoms with Crippen LogP contribution in [0.2, 0.25) is 0 Å². The van der Waals surface area contributed by atoms with E-state index in [4.69, 9.17) is 0 Å². The van der Waals surface area contributed by atoms with E-state index >= 15 is 4.39 Å². The van der Waals surface area contributed by atoms with Gasteiger partial charge in [0.2, 0.25) is 5.95 Å². The maximum absolute atomic E-state index is 15.1. The maximum atomic E-state index is 15.1. The lowest BCUT2D eigenvalue weighted by molar-refractivity contribution is 0.262. The topological polar surface area (TPSA) is 119 Å². The second kappa shape index (κ2) is 11.2. The number of fused-ring (bicyclic) bond motifs is 1. The quantitative estimate of drug-likeness (QED) is 0.230. The molecule has 0 aliphatic rings. The molecule has 2 aromatic carbocycles. The summed E-state index contributed by atoms with van der Waals surface area (Å²) in [5, 5.41) is 13.6. The molecular weight excluding hydrogens is 523 g/mol. The number of para-hydroxylation sites is 1. The van der Waals surface area contributed by atoms with Gasteiger partial charge in [-0.05, 0) is 61.2 Å². The van der Waals surface area contributed by atoms with Crippen LogP contribution in [0.4, 0.5) is 26.6 Å². The smallest absolute Gasteiger partial charge is 0.324 e. The number of hydrogen-bond acceptors (Lipinski definition) is 6. The molecule has 3 heterocycles. The van der Waals surface area contributed by atoms with Gasteiger partial charge in [-0.3, -0.25) is 14.7 Å². The van der Waals surface area contributed by atoms with Crippen LogP contribution < -0.4 is 21.5 Å². The number of carbonyl (C=O) groups is 1. The number of anilines is 3. The molecule has 3 aromatic heterocycles. The number of hydrogen-bond donors (Lipinski definition) is 3. The van der Waals surface area contributed by atoms with E-state index in [0.29, 0.717) is 46.0 Å². The first-order valence-corrected chi connectivity index (χ1v) is 13.3. The summed E-state index contributed by atoms with van der Waals surface area (Å²) in [6, 6.07) is 15.0. The van der Waals surface area contributed by atoms with Crippen LogP contribution in [0.3, 0.4) is 0 Å². The van der Waals surface area contributed by atoms with Gasteiger partial charge in [0, 0.05) is 36.8 Å². The summed E-state index contributed by atoms with van der Waals surface area (Å²) in [4.78, 5) is 35.4. The van der Waals surface area contributed by atoms with Gasteiger partial charge in [0.1, 0.15) is 17.3 Å². The van der Waals surface area contributed by atoms with Crippen molar-refractivity contribution in [1.82, 2.24) is 24.3 Å². The normalized spacial score (nSPS) is 11.2. The minimum absolute atomic E-state index is 0.0673. The van der Waals surface area contributed by atoms with E-state index in [-0.39, 0.29) is 17.2 Å². The Hall–Kier alpha value is -5.06. The fourth-order valence-corrected chi connectivity index (χ4v) is 4.63. The first-order chi connectivity index (χ1) is 19.7. The van der Waals surface area contributed by atoms with Crippen molar-refractivity contribution < 1.29 is 9.18 Å². The SMILES string of the molecule is CCn1c(=O)c(-c2cc(NC(=O)Nc3cc(C(C)C)nn3-c3ccccc3)c(F)cc2C)cc2cnc(NC)nc21. The highest BCUT2D eigenvalue weighted by Gasteiger charge is 2.19. The molecule has 210 valence electrons. The van der Waals surface area contributed by atoms with E-state index in [1.54, 1.807) is 41.5 Å². The van der Waals surface area contributed by atoms with Crippen LogP contribution in [0.15, 0.2) is 65.6 Å². The van der Waals surface area contributed by atoms with Gasteiger partial charge in [-0.25, -0.2) is 18.9 Å². The highest BCUT2D eigenvalue weighted by Crippen LogP contribution is 2.29. The number of pyridine rings is 1.